The van der Waals surface area contributed by atoms with E-state index >= 15 is 0 Å². The van der Waals surface area contributed by atoms with E-state index in [0.29, 0.717) is 12.8 Å². The number of esters is 2. The smallest absolute Gasteiger partial charge is 0.350 e. The Bertz CT molecular complexity index is 768. The molecule has 0 spiro atoms. The Labute approximate surface area is 183 Å². The minimum Gasteiger partial charge on any atom is -0.447 e. The molecule has 1 N–H and O–H groups in total. The second kappa shape index (κ2) is 11.7. The fourth-order valence-corrected chi connectivity index (χ4v) is 4.27. The highest BCUT2D eigenvalue weighted by Gasteiger charge is 2.44. The van der Waals surface area contributed by atoms with E-state index in [0.717, 1.165) is 25.7 Å². The van der Waals surface area contributed by atoms with Crippen LogP contribution in [-0.2, 0) is 38.7 Å². The summed E-state index contributed by atoms with van der Waals surface area (Å²) in [5, 5.41) is 0. The summed E-state index contributed by atoms with van der Waals surface area (Å²) in [6.07, 6.45) is 4.76. The summed E-state index contributed by atoms with van der Waals surface area (Å²) in [6.45, 7) is 4.65. The van der Waals surface area contributed by atoms with Gasteiger partial charge in [0.05, 0.1) is 18.3 Å². The van der Waals surface area contributed by atoms with Gasteiger partial charge in [0.15, 0.2) is 6.79 Å². The van der Waals surface area contributed by atoms with Gasteiger partial charge in [0.1, 0.15) is 5.78 Å². The van der Waals surface area contributed by atoms with Crippen LogP contribution < -0.4 is 0 Å². The maximum absolute atomic E-state index is 12.5. The van der Waals surface area contributed by atoms with Crippen LogP contribution in [0, 0.1) is 11.8 Å². The number of rotatable bonds is 13. The first kappa shape index (κ1) is 25.5. The highest BCUT2D eigenvalue weighted by molar-refractivity contribution is 7.85. The molecule has 31 heavy (non-hydrogen) atoms. The number of carbonyl (C=O) groups is 3. The molecule has 2 aliphatic rings. The van der Waals surface area contributed by atoms with Crippen LogP contribution >= 0.6 is 0 Å². The third kappa shape index (κ3) is 9.49. The zero-order valence-corrected chi connectivity index (χ0v) is 18.7. The molecule has 0 saturated heterocycles. The van der Waals surface area contributed by atoms with E-state index in [2.05, 4.69) is 6.58 Å². The second-order valence-electron chi connectivity index (χ2n) is 8.38. The molecule has 3 unspecified atom stereocenters. The number of ketones is 1. The van der Waals surface area contributed by atoms with Gasteiger partial charge in [-0.05, 0) is 44.9 Å². The molecular formula is C21H32O9S. The third-order valence-electron chi connectivity index (χ3n) is 5.62. The van der Waals surface area contributed by atoms with E-state index in [1.807, 2.05) is 0 Å². The van der Waals surface area contributed by atoms with Crippen molar-refractivity contribution in [2.75, 3.05) is 12.5 Å². The third-order valence-corrected chi connectivity index (χ3v) is 6.42. The molecule has 176 valence electrons. The lowest BCUT2D eigenvalue weighted by Gasteiger charge is -2.22. The molecule has 0 aliphatic heterocycles. The van der Waals surface area contributed by atoms with Crippen molar-refractivity contribution in [2.24, 2.45) is 11.8 Å². The van der Waals surface area contributed by atoms with Crippen LogP contribution in [0.5, 0.6) is 0 Å². The van der Waals surface area contributed by atoms with E-state index in [1.54, 1.807) is 0 Å². The van der Waals surface area contributed by atoms with Gasteiger partial charge >= 0.3 is 11.9 Å². The van der Waals surface area contributed by atoms with E-state index in [-0.39, 0.29) is 54.7 Å². The van der Waals surface area contributed by atoms with Crippen LogP contribution in [0.3, 0.4) is 0 Å². The first-order valence-corrected chi connectivity index (χ1v) is 12.3. The van der Waals surface area contributed by atoms with Crippen molar-refractivity contribution in [3.8, 4) is 0 Å². The quantitative estimate of drug-likeness (QED) is 0.190. The SMILES string of the molecule is C=C(C)C(=O)OC(CC(=O)C1CC1CCCS(=O)(=O)O)C(=O)OCOC1CCCCC1. The maximum Gasteiger partial charge on any atom is 0.350 e. The molecule has 0 radical (unpaired) electrons. The fraction of sp³-hybridized carbons (Fsp3) is 0.762. The van der Waals surface area contributed by atoms with Crippen LogP contribution in [0.25, 0.3) is 0 Å². The topological polar surface area (TPSA) is 133 Å². The molecule has 2 fully saturated rings. The average Bonchev–Trinajstić information content (AvgIpc) is 3.46. The van der Waals surface area contributed by atoms with Gasteiger partial charge in [-0.15, -0.1) is 0 Å². The maximum atomic E-state index is 12.5. The average molecular weight is 461 g/mol. The van der Waals surface area contributed by atoms with Gasteiger partial charge in [-0.1, -0.05) is 25.8 Å². The van der Waals surface area contributed by atoms with Gasteiger partial charge in [0.2, 0.25) is 6.10 Å². The number of hydrogen-bond donors (Lipinski definition) is 1. The molecule has 2 saturated carbocycles. The molecule has 0 aromatic rings. The summed E-state index contributed by atoms with van der Waals surface area (Å²) in [7, 11) is -4.02. The van der Waals surface area contributed by atoms with Crippen molar-refractivity contribution in [2.45, 2.75) is 76.9 Å². The predicted molar refractivity (Wildman–Crippen MR) is 110 cm³/mol. The first-order chi connectivity index (χ1) is 14.6. The number of hydrogen-bond acceptors (Lipinski definition) is 8. The molecule has 0 aromatic carbocycles. The Morgan fingerprint density at radius 1 is 1.16 bits per heavy atom. The van der Waals surface area contributed by atoms with E-state index in [9.17, 15) is 22.8 Å². The van der Waals surface area contributed by atoms with Crippen molar-refractivity contribution in [1.82, 2.24) is 0 Å². The van der Waals surface area contributed by atoms with Crippen molar-refractivity contribution in [3.05, 3.63) is 12.2 Å². The van der Waals surface area contributed by atoms with Gasteiger partial charge in [-0.25, -0.2) is 9.59 Å². The van der Waals surface area contributed by atoms with Gasteiger partial charge in [0.25, 0.3) is 10.1 Å². The van der Waals surface area contributed by atoms with E-state index in [1.165, 1.54) is 13.3 Å². The Hall–Kier alpha value is -1.78. The molecule has 2 rings (SSSR count). The number of Topliss-reactive ketones (excluding diaryl/α,β-unsaturated/α-hetero) is 1. The Morgan fingerprint density at radius 3 is 2.45 bits per heavy atom. The lowest BCUT2D eigenvalue weighted by Crippen LogP contribution is -2.33. The lowest BCUT2D eigenvalue weighted by molar-refractivity contribution is -0.179. The fourth-order valence-electron chi connectivity index (χ4n) is 3.74. The summed E-state index contributed by atoms with van der Waals surface area (Å²) < 4.78 is 46.1. The first-order valence-electron chi connectivity index (χ1n) is 10.7. The summed E-state index contributed by atoms with van der Waals surface area (Å²) in [6, 6.07) is 0. The summed E-state index contributed by atoms with van der Waals surface area (Å²) in [5.74, 6) is -2.56. The standard InChI is InChI=1S/C21H32O9S/c1-14(2)20(23)30-19(21(24)29-13-28-16-8-4-3-5-9-16)12-18(22)17-11-15(17)7-6-10-31(25,26)27/h15-17,19H,1,3-13H2,2H3,(H,25,26,27). The molecule has 0 amide bonds. The molecule has 3 atom stereocenters. The summed E-state index contributed by atoms with van der Waals surface area (Å²) in [4.78, 5) is 36.9. The summed E-state index contributed by atoms with van der Waals surface area (Å²) in [5.41, 5.74) is 0.0956. The monoisotopic (exact) mass is 460 g/mol. The van der Waals surface area contributed by atoms with Gasteiger partial charge in [0, 0.05) is 11.5 Å². The molecule has 9 nitrogen and oxygen atoms in total. The van der Waals surface area contributed by atoms with Crippen LogP contribution in [0.2, 0.25) is 0 Å². The van der Waals surface area contributed by atoms with Gasteiger partial charge in [-0.3, -0.25) is 9.35 Å². The largest absolute Gasteiger partial charge is 0.447 e. The highest BCUT2D eigenvalue weighted by Crippen LogP contribution is 2.43. The van der Waals surface area contributed by atoms with Gasteiger partial charge < -0.3 is 14.2 Å². The number of carbonyl (C=O) groups excluding carboxylic acids is 3. The van der Waals surface area contributed by atoms with Crippen molar-refractivity contribution in [3.63, 3.8) is 0 Å². The minimum atomic E-state index is -4.02. The van der Waals surface area contributed by atoms with Gasteiger partial charge in [-0.2, -0.15) is 8.42 Å². The predicted octanol–water partition coefficient (Wildman–Crippen LogP) is 2.59. The molecule has 0 bridgehead atoms. The van der Waals surface area contributed by atoms with Crippen LogP contribution in [0.1, 0.15) is 64.7 Å². The lowest BCUT2D eigenvalue weighted by atomic mass is 9.98. The van der Waals surface area contributed by atoms with E-state index in [4.69, 9.17) is 18.8 Å². The normalized spacial score (nSPS) is 22.4. The van der Waals surface area contributed by atoms with Crippen molar-refractivity contribution in [1.29, 1.82) is 0 Å². The van der Waals surface area contributed by atoms with Crippen molar-refractivity contribution < 1.29 is 41.6 Å². The van der Waals surface area contributed by atoms with Crippen LogP contribution in [0.15, 0.2) is 12.2 Å². The Balaban J connectivity index is 1.82. The zero-order chi connectivity index (χ0) is 23.0. The molecule has 0 aromatic heterocycles. The second-order valence-corrected chi connectivity index (χ2v) is 9.96. The molecular weight excluding hydrogens is 428 g/mol. The van der Waals surface area contributed by atoms with Crippen molar-refractivity contribution >= 4 is 27.8 Å². The molecule has 2 aliphatic carbocycles. The Kier molecular flexibility index (Phi) is 9.64. The van der Waals surface area contributed by atoms with E-state index < -0.39 is 28.2 Å². The molecule has 0 heterocycles. The summed E-state index contributed by atoms with van der Waals surface area (Å²) >= 11 is 0. The minimum absolute atomic E-state index is 0.00241. The highest BCUT2D eigenvalue weighted by atomic mass is 32.2. The zero-order valence-electron chi connectivity index (χ0n) is 17.9. The number of ether oxygens (including phenoxy) is 3. The van der Waals surface area contributed by atoms with Crippen LogP contribution in [0.4, 0.5) is 0 Å². The Morgan fingerprint density at radius 2 is 1.84 bits per heavy atom. The molecule has 10 heteroatoms. The van der Waals surface area contributed by atoms with Crippen LogP contribution in [-0.4, -0.2) is 55.4 Å².